The summed E-state index contributed by atoms with van der Waals surface area (Å²) in [7, 11) is -1.54. The molecule has 0 aliphatic rings. The van der Waals surface area contributed by atoms with Gasteiger partial charge in [0.25, 0.3) is 0 Å². The van der Waals surface area contributed by atoms with Gasteiger partial charge >= 0.3 is 0 Å². The average molecular weight is 468 g/mol. The Morgan fingerprint density at radius 3 is 2.42 bits per heavy atom. The summed E-state index contributed by atoms with van der Waals surface area (Å²) in [5, 5.41) is 6.23. The molecule has 0 fully saturated rings. The number of sulfonamides is 1. The van der Waals surface area contributed by atoms with Gasteiger partial charge in [0.15, 0.2) is 5.96 Å². The largest absolute Gasteiger partial charge is 0.355 e. The fourth-order valence-electron chi connectivity index (χ4n) is 2.27. The number of aliphatic imine (C=N–C) groups is 1. The topological polar surface area (TPSA) is 73.8 Å². The molecule has 0 heterocycles. The molecule has 0 saturated heterocycles. The van der Waals surface area contributed by atoms with Crippen LogP contribution in [0.1, 0.15) is 25.0 Å². The van der Waals surface area contributed by atoms with Crippen LogP contribution in [0.5, 0.6) is 0 Å². The van der Waals surface area contributed by atoms with Crippen molar-refractivity contribution in [3.63, 3.8) is 0 Å². The Kier molecular flexibility index (Phi) is 11.2. The Morgan fingerprint density at radius 2 is 1.88 bits per heavy atom. The van der Waals surface area contributed by atoms with Crippen LogP contribution in [0.15, 0.2) is 29.3 Å². The molecule has 0 unspecified atom stereocenters. The molecular weight excluding hydrogens is 439 g/mol. The van der Waals surface area contributed by atoms with Crippen LogP contribution < -0.4 is 10.6 Å². The molecule has 0 saturated carbocycles. The number of guanidine groups is 1. The van der Waals surface area contributed by atoms with Crippen LogP contribution in [0.3, 0.4) is 0 Å². The molecule has 0 amide bonds. The third kappa shape index (κ3) is 7.80. The number of nitrogens with zero attached hydrogens (tertiary/aromatic N) is 2. The summed E-state index contributed by atoms with van der Waals surface area (Å²) in [6.45, 7) is 7.71. The second kappa shape index (κ2) is 11.6. The fourth-order valence-corrected chi connectivity index (χ4v) is 3.68. The molecule has 0 spiro atoms. The molecule has 138 valence electrons. The van der Waals surface area contributed by atoms with Gasteiger partial charge in [0.1, 0.15) is 0 Å². The van der Waals surface area contributed by atoms with Crippen LogP contribution in [0.2, 0.25) is 0 Å². The van der Waals surface area contributed by atoms with Gasteiger partial charge in [-0.3, -0.25) is 4.99 Å². The molecule has 1 rings (SSSR count). The average Bonchev–Trinajstić information content (AvgIpc) is 2.51. The molecule has 8 heteroatoms. The van der Waals surface area contributed by atoms with Gasteiger partial charge in [-0.25, -0.2) is 12.7 Å². The number of nitrogens with one attached hydrogen (secondary N) is 2. The number of aryl methyl sites for hydroxylation is 1. The summed E-state index contributed by atoms with van der Waals surface area (Å²) in [4.78, 5) is 4.12. The highest BCUT2D eigenvalue weighted by molar-refractivity contribution is 14.0. The highest BCUT2D eigenvalue weighted by Crippen LogP contribution is 2.03. The first-order valence-electron chi connectivity index (χ1n) is 7.90. The molecule has 0 radical (unpaired) electrons. The zero-order chi connectivity index (χ0) is 17.3. The summed E-state index contributed by atoms with van der Waals surface area (Å²) in [6.07, 6.45) is 0. The second-order valence-corrected chi connectivity index (χ2v) is 7.33. The van der Waals surface area contributed by atoms with E-state index in [-0.39, 0.29) is 29.7 Å². The maximum absolute atomic E-state index is 12.1. The highest BCUT2D eigenvalue weighted by atomic mass is 127. The third-order valence-corrected chi connectivity index (χ3v) is 5.54. The van der Waals surface area contributed by atoms with Crippen molar-refractivity contribution in [1.29, 1.82) is 0 Å². The van der Waals surface area contributed by atoms with E-state index in [2.05, 4.69) is 34.7 Å². The fraction of sp³-hybridized carbons (Fsp3) is 0.562. The molecule has 6 nitrogen and oxygen atoms in total. The molecular formula is C16H29IN4O2S. The summed E-state index contributed by atoms with van der Waals surface area (Å²) >= 11 is 0. The van der Waals surface area contributed by atoms with Gasteiger partial charge in [-0.05, 0) is 12.5 Å². The lowest BCUT2D eigenvalue weighted by Gasteiger charge is -2.19. The van der Waals surface area contributed by atoms with Gasteiger partial charge in [-0.15, -0.1) is 24.0 Å². The summed E-state index contributed by atoms with van der Waals surface area (Å²) < 4.78 is 25.7. The van der Waals surface area contributed by atoms with Crippen molar-refractivity contribution in [1.82, 2.24) is 14.9 Å². The lowest BCUT2D eigenvalue weighted by molar-refractivity contribution is 0.445. The molecule has 1 aromatic carbocycles. The minimum absolute atomic E-state index is 0. The van der Waals surface area contributed by atoms with Crippen molar-refractivity contribution in [2.75, 3.05) is 32.4 Å². The zero-order valence-electron chi connectivity index (χ0n) is 14.9. The van der Waals surface area contributed by atoms with Gasteiger partial charge in [0, 0.05) is 33.2 Å². The number of hydrogen-bond donors (Lipinski definition) is 2. The molecule has 1 aromatic rings. The predicted molar refractivity (Wildman–Crippen MR) is 112 cm³/mol. The SMILES string of the molecule is CCN(CC)S(=O)(=O)CCNC(=NC)NCc1cccc(C)c1.I. The van der Waals surface area contributed by atoms with Crippen LogP contribution in [-0.2, 0) is 16.6 Å². The van der Waals surface area contributed by atoms with E-state index in [4.69, 9.17) is 0 Å². The van der Waals surface area contributed by atoms with Crippen molar-refractivity contribution >= 4 is 40.0 Å². The molecule has 0 atom stereocenters. The Hall–Kier alpha value is -0.870. The van der Waals surface area contributed by atoms with Crippen LogP contribution >= 0.6 is 24.0 Å². The van der Waals surface area contributed by atoms with Crippen molar-refractivity contribution in [3.05, 3.63) is 35.4 Å². The van der Waals surface area contributed by atoms with Crippen LogP contribution in [-0.4, -0.2) is 51.1 Å². The lowest BCUT2D eigenvalue weighted by Crippen LogP contribution is -2.41. The lowest BCUT2D eigenvalue weighted by atomic mass is 10.1. The minimum atomic E-state index is -3.21. The highest BCUT2D eigenvalue weighted by Gasteiger charge is 2.18. The van der Waals surface area contributed by atoms with E-state index in [0.29, 0.717) is 32.1 Å². The van der Waals surface area contributed by atoms with Crippen LogP contribution in [0.4, 0.5) is 0 Å². The molecule has 24 heavy (non-hydrogen) atoms. The van der Waals surface area contributed by atoms with Gasteiger partial charge < -0.3 is 10.6 Å². The summed E-state index contributed by atoms with van der Waals surface area (Å²) in [6, 6.07) is 8.21. The number of rotatable bonds is 8. The number of hydrogen-bond acceptors (Lipinski definition) is 3. The van der Waals surface area contributed by atoms with Crippen molar-refractivity contribution in [2.24, 2.45) is 4.99 Å². The van der Waals surface area contributed by atoms with E-state index in [9.17, 15) is 8.42 Å². The Labute approximate surface area is 163 Å². The third-order valence-electron chi connectivity index (χ3n) is 3.52. The summed E-state index contributed by atoms with van der Waals surface area (Å²) in [5.74, 6) is 0.654. The van der Waals surface area contributed by atoms with Gasteiger partial charge in [-0.1, -0.05) is 43.7 Å². The summed E-state index contributed by atoms with van der Waals surface area (Å²) in [5.41, 5.74) is 2.36. The van der Waals surface area contributed by atoms with Crippen molar-refractivity contribution in [3.8, 4) is 0 Å². The molecule has 0 aliphatic carbocycles. The molecule has 0 aliphatic heterocycles. The van der Waals surface area contributed by atoms with E-state index in [0.717, 1.165) is 5.56 Å². The quantitative estimate of drug-likeness (QED) is 0.348. The van der Waals surface area contributed by atoms with Gasteiger partial charge in [0.2, 0.25) is 10.0 Å². The predicted octanol–water partition coefficient (Wildman–Crippen LogP) is 1.95. The first kappa shape index (κ1) is 23.1. The maximum atomic E-state index is 12.1. The molecule has 0 aromatic heterocycles. The van der Waals surface area contributed by atoms with E-state index < -0.39 is 10.0 Å². The van der Waals surface area contributed by atoms with Crippen molar-refractivity contribution in [2.45, 2.75) is 27.3 Å². The first-order chi connectivity index (χ1) is 10.9. The van der Waals surface area contributed by atoms with Gasteiger partial charge in [0.05, 0.1) is 5.75 Å². The van der Waals surface area contributed by atoms with Crippen LogP contribution in [0, 0.1) is 6.92 Å². The Balaban J connectivity index is 0.00000529. The molecule has 0 bridgehead atoms. The molecule has 2 N–H and O–H groups in total. The van der Waals surface area contributed by atoms with E-state index in [1.165, 1.54) is 9.87 Å². The maximum Gasteiger partial charge on any atom is 0.215 e. The monoisotopic (exact) mass is 468 g/mol. The minimum Gasteiger partial charge on any atom is -0.355 e. The standard InChI is InChI=1S/C16H28N4O2S.HI/c1-5-20(6-2)23(21,22)11-10-18-16(17-4)19-13-15-9-7-8-14(3)12-15;/h7-9,12H,5-6,10-11,13H2,1-4H3,(H2,17,18,19);1H. The normalized spacial score (nSPS) is 12.0. The Bertz CT molecular complexity index is 616. The first-order valence-corrected chi connectivity index (χ1v) is 9.51. The van der Waals surface area contributed by atoms with E-state index in [1.807, 2.05) is 26.0 Å². The van der Waals surface area contributed by atoms with Crippen LogP contribution in [0.25, 0.3) is 0 Å². The Morgan fingerprint density at radius 1 is 1.21 bits per heavy atom. The zero-order valence-corrected chi connectivity index (χ0v) is 18.0. The van der Waals surface area contributed by atoms with E-state index >= 15 is 0 Å². The second-order valence-electron chi connectivity index (χ2n) is 5.24. The smallest absolute Gasteiger partial charge is 0.215 e. The van der Waals surface area contributed by atoms with E-state index in [1.54, 1.807) is 7.05 Å². The number of halogens is 1. The number of benzene rings is 1. The van der Waals surface area contributed by atoms with Crippen molar-refractivity contribution < 1.29 is 8.42 Å². The van der Waals surface area contributed by atoms with Gasteiger partial charge in [-0.2, -0.15) is 0 Å².